The van der Waals surface area contributed by atoms with Crippen LogP contribution in [0.15, 0.2) is 18.2 Å². The Labute approximate surface area is 106 Å². The van der Waals surface area contributed by atoms with E-state index in [0.29, 0.717) is 11.3 Å². The third-order valence-corrected chi connectivity index (χ3v) is 2.65. The Morgan fingerprint density at radius 2 is 2.18 bits per heavy atom. The molecule has 0 saturated heterocycles. The zero-order chi connectivity index (χ0) is 12.8. The highest BCUT2D eigenvalue weighted by Crippen LogP contribution is 2.26. The molecule has 3 nitrogen and oxygen atoms in total. The van der Waals surface area contributed by atoms with Crippen molar-refractivity contribution in [1.29, 1.82) is 0 Å². The minimum absolute atomic E-state index is 0.00454. The first-order valence-corrected chi connectivity index (χ1v) is 5.88. The minimum Gasteiger partial charge on any atom is -0.497 e. The molecule has 1 aromatic carbocycles. The number of carbonyl (C=O) groups excluding carboxylic acids is 1. The average Bonchev–Trinajstić information content (AvgIpc) is 2.30. The molecule has 0 unspecified atom stereocenters. The zero-order valence-corrected chi connectivity index (χ0v) is 10.7. The molecule has 0 amide bonds. The monoisotopic (exact) mass is 308 g/mol. The van der Waals surface area contributed by atoms with Gasteiger partial charge < -0.3 is 9.47 Å². The Kier molecular flexibility index (Phi) is 5.34. The van der Waals surface area contributed by atoms with Crippen molar-refractivity contribution in [2.24, 2.45) is 0 Å². The summed E-state index contributed by atoms with van der Waals surface area (Å²) in [4.78, 5) is 11.3. The van der Waals surface area contributed by atoms with Crippen LogP contribution in [0.1, 0.15) is 5.56 Å². The molecule has 0 saturated carbocycles. The van der Waals surface area contributed by atoms with Gasteiger partial charge in [-0.2, -0.15) is 8.78 Å². The van der Waals surface area contributed by atoms with Crippen LogP contribution in [-0.4, -0.2) is 24.8 Å². The highest BCUT2D eigenvalue weighted by atomic mass is 79.9. The maximum atomic E-state index is 12.2. The van der Waals surface area contributed by atoms with E-state index < -0.39 is 6.61 Å². The standard InChI is InChI=1S/C11H11BrF2O3/c1-16-9-2-3-10(17-11(13)14)7(5-9)4-8(15)6-12/h2-3,5,11H,4,6H2,1H3. The third-order valence-electron chi connectivity index (χ3n) is 2.02. The highest BCUT2D eigenvalue weighted by Gasteiger charge is 2.13. The van der Waals surface area contributed by atoms with E-state index in [0.717, 1.165) is 0 Å². The summed E-state index contributed by atoms with van der Waals surface area (Å²) in [5.74, 6) is 0.358. The van der Waals surface area contributed by atoms with Gasteiger partial charge in [0, 0.05) is 12.0 Å². The van der Waals surface area contributed by atoms with Crippen LogP contribution in [0.3, 0.4) is 0 Å². The van der Waals surface area contributed by atoms with Crippen LogP contribution in [-0.2, 0) is 11.2 Å². The van der Waals surface area contributed by atoms with Gasteiger partial charge in [-0.25, -0.2) is 0 Å². The summed E-state index contributed by atoms with van der Waals surface area (Å²) in [6.07, 6.45) is 0.0184. The average molecular weight is 309 g/mol. The van der Waals surface area contributed by atoms with Crippen molar-refractivity contribution < 1.29 is 23.0 Å². The molecule has 0 aliphatic rings. The molecule has 0 heterocycles. The molecule has 1 aromatic rings. The van der Waals surface area contributed by atoms with E-state index in [2.05, 4.69) is 20.7 Å². The first kappa shape index (κ1) is 13.9. The second kappa shape index (κ2) is 6.54. The van der Waals surface area contributed by atoms with Crippen LogP contribution in [0.2, 0.25) is 0 Å². The van der Waals surface area contributed by atoms with E-state index in [1.807, 2.05) is 0 Å². The van der Waals surface area contributed by atoms with Crippen LogP contribution in [0.4, 0.5) is 8.78 Å². The van der Waals surface area contributed by atoms with Gasteiger partial charge in [-0.15, -0.1) is 0 Å². The zero-order valence-electron chi connectivity index (χ0n) is 9.08. The topological polar surface area (TPSA) is 35.5 Å². The quantitative estimate of drug-likeness (QED) is 0.758. The highest BCUT2D eigenvalue weighted by molar-refractivity contribution is 9.09. The summed E-state index contributed by atoms with van der Waals surface area (Å²) >= 11 is 3.01. The minimum atomic E-state index is -2.92. The fourth-order valence-electron chi connectivity index (χ4n) is 1.29. The lowest BCUT2D eigenvalue weighted by molar-refractivity contribution is -0.116. The van der Waals surface area contributed by atoms with E-state index in [1.54, 1.807) is 0 Å². The molecule has 0 N–H and O–H groups in total. The summed E-state index contributed by atoms with van der Waals surface area (Å²) in [5, 5.41) is 0.165. The molecular weight excluding hydrogens is 298 g/mol. The Balaban J connectivity index is 2.98. The summed E-state index contributed by atoms with van der Waals surface area (Å²) in [7, 11) is 1.46. The number of halogens is 3. The molecule has 0 aliphatic carbocycles. The van der Waals surface area contributed by atoms with E-state index in [1.165, 1.54) is 25.3 Å². The Morgan fingerprint density at radius 3 is 2.71 bits per heavy atom. The van der Waals surface area contributed by atoms with Gasteiger partial charge in [0.1, 0.15) is 17.3 Å². The molecule has 0 aromatic heterocycles. The van der Waals surface area contributed by atoms with E-state index >= 15 is 0 Å². The Hall–Kier alpha value is -1.17. The summed E-state index contributed by atoms with van der Waals surface area (Å²) in [6, 6.07) is 4.37. The SMILES string of the molecule is COc1ccc(OC(F)F)c(CC(=O)CBr)c1. The number of ether oxygens (including phenoxy) is 2. The maximum absolute atomic E-state index is 12.2. The molecule has 0 aliphatic heterocycles. The third kappa shape index (κ3) is 4.30. The number of alkyl halides is 3. The summed E-state index contributed by atoms with van der Waals surface area (Å²) in [5.41, 5.74) is 0.383. The van der Waals surface area contributed by atoms with Crippen LogP contribution in [0.25, 0.3) is 0 Å². The number of Topliss-reactive ketones (excluding diaryl/α,β-unsaturated/α-hetero) is 1. The number of carbonyl (C=O) groups is 1. The van der Waals surface area contributed by atoms with Crippen molar-refractivity contribution in [3.8, 4) is 11.5 Å². The van der Waals surface area contributed by atoms with Crippen molar-refractivity contribution >= 4 is 21.7 Å². The molecule has 0 bridgehead atoms. The number of rotatable bonds is 6. The molecule has 0 radical (unpaired) electrons. The van der Waals surface area contributed by atoms with Gasteiger partial charge in [0.25, 0.3) is 0 Å². The lowest BCUT2D eigenvalue weighted by Gasteiger charge is -2.11. The molecule has 0 spiro atoms. The second-order valence-corrected chi connectivity index (χ2v) is 3.76. The van der Waals surface area contributed by atoms with Crippen molar-refractivity contribution in [3.63, 3.8) is 0 Å². The van der Waals surface area contributed by atoms with Crippen molar-refractivity contribution in [2.45, 2.75) is 13.0 Å². The fraction of sp³-hybridized carbons (Fsp3) is 0.364. The van der Waals surface area contributed by atoms with Crippen LogP contribution >= 0.6 is 15.9 Å². The second-order valence-electron chi connectivity index (χ2n) is 3.20. The van der Waals surface area contributed by atoms with Gasteiger partial charge in [0.15, 0.2) is 0 Å². The van der Waals surface area contributed by atoms with Gasteiger partial charge in [0.05, 0.1) is 12.4 Å². The van der Waals surface area contributed by atoms with Crippen molar-refractivity contribution in [3.05, 3.63) is 23.8 Å². The number of hydrogen-bond donors (Lipinski definition) is 0. The molecule has 1 rings (SSSR count). The fourth-order valence-corrected chi connectivity index (χ4v) is 1.49. The smallest absolute Gasteiger partial charge is 0.387 e. The van der Waals surface area contributed by atoms with Crippen LogP contribution < -0.4 is 9.47 Å². The van der Waals surface area contributed by atoms with Gasteiger partial charge in [-0.05, 0) is 18.2 Å². The first-order valence-electron chi connectivity index (χ1n) is 4.76. The predicted octanol–water partition coefficient (Wildman–Crippen LogP) is 2.80. The van der Waals surface area contributed by atoms with Crippen LogP contribution in [0, 0.1) is 0 Å². The Morgan fingerprint density at radius 1 is 1.47 bits per heavy atom. The van der Waals surface area contributed by atoms with Gasteiger partial charge in [0.2, 0.25) is 0 Å². The van der Waals surface area contributed by atoms with E-state index in [9.17, 15) is 13.6 Å². The maximum Gasteiger partial charge on any atom is 0.387 e. The molecule has 0 atom stereocenters. The normalized spacial score (nSPS) is 10.4. The summed E-state index contributed by atoms with van der Waals surface area (Å²) in [6.45, 7) is -2.92. The van der Waals surface area contributed by atoms with Crippen molar-refractivity contribution in [2.75, 3.05) is 12.4 Å². The number of methoxy groups -OCH3 is 1. The van der Waals surface area contributed by atoms with E-state index in [-0.39, 0.29) is 23.3 Å². The lowest BCUT2D eigenvalue weighted by Crippen LogP contribution is -2.09. The molecule has 0 fully saturated rings. The van der Waals surface area contributed by atoms with Gasteiger partial charge in [-0.1, -0.05) is 15.9 Å². The number of hydrogen-bond acceptors (Lipinski definition) is 3. The molecule has 94 valence electrons. The van der Waals surface area contributed by atoms with Gasteiger partial charge >= 0.3 is 6.61 Å². The summed E-state index contributed by atoms with van der Waals surface area (Å²) < 4.78 is 33.6. The number of ketones is 1. The molecular formula is C11H11BrF2O3. The van der Waals surface area contributed by atoms with Crippen molar-refractivity contribution in [1.82, 2.24) is 0 Å². The predicted molar refractivity (Wildman–Crippen MR) is 62.1 cm³/mol. The van der Waals surface area contributed by atoms with Gasteiger partial charge in [-0.3, -0.25) is 4.79 Å². The van der Waals surface area contributed by atoms with E-state index in [4.69, 9.17) is 4.74 Å². The number of benzene rings is 1. The first-order chi connectivity index (χ1) is 8.06. The largest absolute Gasteiger partial charge is 0.497 e. The molecule has 17 heavy (non-hydrogen) atoms. The lowest BCUT2D eigenvalue weighted by atomic mass is 10.1. The molecule has 6 heteroatoms. The Bertz CT molecular complexity index is 396. The van der Waals surface area contributed by atoms with Crippen LogP contribution in [0.5, 0.6) is 11.5 Å².